The Bertz CT molecular complexity index is 994. The van der Waals surface area contributed by atoms with Crippen LogP contribution in [0.25, 0.3) is 0 Å². The highest BCUT2D eigenvalue weighted by atomic mass is 32.2. The van der Waals surface area contributed by atoms with Crippen molar-refractivity contribution in [3.63, 3.8) is 0 Å². The third-order valence-corrected chi connectivity index (χ3v) is 6.36. The van der Waals surface area contributed by atoms with Gasteiger partial charge in [-0.15, -0.1) is 0 Å². The zero-order valence-electron chi connectivity index (χ0n) is 15.8. The SMILES string of the molecule is CCNC(=O)C(=O)NC[C@@H](c1cccnc1)S(=O)(=O)c1ccc2c(c1)OCCO2. The van der Waals surface area contributed by atoms with E-state index >= 15 is 0 Å². The topological polar surface area (TPSA) is 124 Å². The molecule has 0 bridgehead atoms. The normalized spacial score (nSPS) is 14.0. The summed E-state index contributed by atoms with van der Waals surface area (Å²) in [7, 11) is -3.94. The zero-order valence-corrected chi connectivity index (χ0v) is 16.6. The van der Waals surface area contributed by atoms with E-state index in [-0.39, 0.29) is 18.0 Å². The van der Waals surface area contributed by atoms with Crippen LogP contribution in [0.3, 0.4) is 0 Å². The fourth-order valence-corrected chi connectivity index (χ4v) is 4.50. The Morgan fingerprint density at radius 2 is 1.83 bits per heavy atom. The molecule has 0 saturated carbocycles. The van der Waals surface area contributed by atoms with Crippen LogP contribution in [-0.2, 0) is 19.4 Å². The molecule has 0 spiro atoms. The van der Waals surface area contributed by atoms with Crippen molar-refractivity contribution in [2.45, 2.75) is 17.1 Å². The lowest BCUT2D eigenvalue weighted by atomic mass is 10.2. The third-order valence-electron chi connectivity index (χ3n) is 4.26. The fourth-order valence-electron chi connectivity index (χ4n) is 2.84. The van der Waals surface area contributed by atoms with Crippen LogP contribution >= 0.6 is 0 Å². The van der Waals surface area contributed by atoms with Crippen molar-refractivity contribution in [2.75, 3.05) is 26.3 Å². The molecular formula is C19H21N3O6S. The number of rotatable bonds is 6. The summed E-state index contributed by atoms with van der Waals surface area (Å²) >= 11 is 0. The first-order chi connectivity index (χ1) is 13.9. The van der Waals surface area contributed by atoms with Crippen molar-refractivity contribution in [1.29, 1.82) is 0 Å². The molecule has 2 amide bonds. The van der Waals surface area contributed by atoms with Crippen LogP contribution in [-0.4, -0.2) is 51.5 Å². The van der Waals surface area contributed by atoms with E-state index in [9.17, 15) is 18.0 Å². The summed E-state index contributed by atoms with van der Waals surface area (Å²) in [5.74, 6) is -0.918. The van der Waals surface area contributed by atoms with E-state index in [4.69, 9.17) is 9.47 Å². The molecular weight excluding hydrogens is 398 g/mol. The lowest BCUT2D eigenvalue weighted by Crippen LogP contribution is -2.42. The first-order valence-electron chi connectivity index (χ1n) is 9.03. The molecule has 9 nitrogen and oxygen atoms in total. The molecule has 0 saturated heterocycles. The minimum Gasteiger partial charge on any atom is -0.486 e. The van der Waals surface area contributed by atoms with Gasteiger partial charge < -0.3 is 20.1 Å². The Labute approximate surface area is 168 Å². The molecule has 10 heteroatoms. The molecule has 1 aliphatic heterocycles. The number of hydrogen-bond donors (Lipinski definition) is 2. The van der Waals surface area contributed by atoms with Crippen LogP contribution < -0.4 is 20.1 Å². The van der Waals surface area contributed by atoms with Gasteiger partial charge in [-0.2, -0.15) is 0 Å². The van der Waals surface area contributed by atoms with E-state index in [1.54, 1.807) is 19.1 Å². The molecule has 1 aromatic carbocycles. The van der Waals surface area contributed by atoms with Gasteiger partial charge in [0.2, 0.25) is 0 Å². The first kappa shape index (κ1) is 20.6. The molecule has 2 N–H and O–H groups in total. The lowest BCUT2D eigenvalue weighted by Gasteiger charge is -2.21. The molecule has 0 unspecified atom stereocenters. The summed E-state index contributed by atoms with van der Waals surface area (Å²) in [5, 5.41) is 3.62. The zero-order chi connectivity index (χ0) is 20.9. The van der Waals surface area contributed by atoms with Crippen molar-refractivity contribution < 1.29 is 27.5 Å². The van der Waals surface area contributed by atoms with Crippen molar-refractivity contribution in [2.24, 2.45) is 0 Å². The number of carbonyl (C=O) groups excluding carboxylic acids is 2. The largest absolute Gasteiger partial charge is 0.486 e. The summed E-state index contributed by atoms with van der Waals surface area (Å²) in [5.41, 5.74) is 0.388. The van der Waals surface area contributed by atoms with E-state index in [0.29, 0.717) is 30.3 Å². The number of likely N-dealkylation sites (N-methyl/N-ethyl adjacent to an activating group) is 1. The fraction of sp³-hybridized carbons (Fsp3) is 0.316. The molecule has 2 aromatic rings. The molecule has 1 atom stereocenters. The number of pyridine rings is 1. The molecule has 0 radical (unpaired) electrons. The first-order valence-corrected chi connectivity index (χ1v) is 10.6. The van der Waals surface area contributed by atoms with Gasteiger partial charge in [-0.3, -0.25) is 14.6 Å². The molecule has 29 heavy (non-hydrogen) atoms. The second-order valence-corrected chi connectivity index (χ2v) is 8.33. The van der Waals surface area contributed by atoms with E-state index in [1.807, 2.05) is 0 Å². The Hall–Kier alpha value is -3.14. The maximum absolute atomic E-state index is 13.4. The molecule has 1 aliphatic rings. The average molecular weight is 419 g/mol. The van der Waals surface area contributed by atoms with Crippen LogP contribution in [0.2, 0.25) is 0 Å². The maximum atomic E-state index is 13.4. The smallest absolute Gasteiger partial charge is 0.309 e. The maximum Gasteiger partial charge on any atom is 0.309 e. The van der Waals surface area contributed by atoms with Crippen molar-refractivity contribution in [3.05, 3.63) is 48.3 Å². The third kappa shape index (κ3) is 4.65. The summed E-state index contributed by atoms with van der Waals surface area (Å²) in [6.45, 7) is 2.39. The van der Waals surface area contributed by atoms with Gasteiger partial charge in [0.25, 0.3) is 0 Å². The molecule has 3 rings (SSSR count). The van der Waals surface area contributed by atoms with Crippen molar-refractivity contribution >= 4 is 21.7 Å². The van der Waals surface area contributed by atoms with E-state index in [0.717, 1.165) is 0 Å². The molecule has 0 fully saturated rings. The van der Waals surface area contributed by atoms with Gasteiger partial charge in [-0.25, -0.2) is 8.42 Å². The predicted molar refractivity (Wildman–Crippen MR) is 103 cm³/mol. The van der Waals surface area contributed by atoms with Crippen LogP contribution in [0.5, 0.6) is 11.5 Å². The number of carbonyl (C=O) groups is 2. The molecule has 2 heterocycles. The van der Waals surface area contributed by atoms with Crippen molar-refractivity contribution in [3.8, 4) is 11.5 Å². The van der Waals surface area contributed by atoms with Gasteiger partial charge in [0, 0.05) is 31.5 Å². The van der Waals surface area contributed by atoms with E-state index < -0.39 is 26.9 Å². The number of benzene rings is 1. The Morgan fingerprint density at radius 3 is 2.52 bits per heavy atom. The predicted octanol–water partition coefficient (Wildman–Crippen LogP) is 0.620. The minimum atomic E-state index is -3.94. The number of hydrogen-bond acceptors (Lipinski definition) is 7. The molecule has 1 aromatic heterocycles. The van der Waals surface area contributed by atoms with Crippen LogP contribution in [0, 0.1) is 0 Å². The Balaban J connectivity index is 1.91. The summed E-state index contributed by atoms with van der Waals surface area (Å²) in [6, 6.07) is 7.57. The number of ether oxygens (including phenoxy) is 2. The van der Waals surface area contributed by atoms with Gasteiger partial charge in [0.05, 0.1) is 4.90 Å². The second kappa shape index (κ2) is 8.91. The van der Waals surface area contributed by atoms with E-state index in [2.05, 4.69) is 15.6 Å². The molecule has 154 valence electrons. The Kier molecular flexibility index (Phi) is 6.32. The number of amides is 2. The summed E-state index contributed by atoms with van der Waals surface area (Å²) < 4.78 is 37.6. The number of nitrogens with zero attached hydrogens (tertiary/aromatic N) is 1. The molecule has 0 aliphatic carbocycles. The highest BCUT2D eigenvalue weighted by molar-refractivity contribution is 7.91. The Morgan fingerprint density at radius 1 is 1.10 bits per heavy atom. The van der Waals surface area contributed by atoms with Crippen LogP contribution in [0.1, 0.15) is 17.7 Å². The van der Waals surface area contributed by atoms with Gasteiger partial charge in [0.1, 0.15) is 18.5 Å². The van der Waals surface area contributed by atoms with E-state index in [1.165, 1.54) is 30.6 Å². The monoisotopic (exact) mass is 419 g/mol. The number of sulfone groups is 1. The van der Waals surface area contributed by atoms with Crippen molar-refractivity contribution in [1.82, 2.24) is 15.6 Å². The second-order valence-electron chi connectivity index (χ2n) is 6.19. The lowest BCUT2D eigenvalue weighted by molar-refractivity contribution is -0.139. The van der Waals surface area contributed by atoms with Crippen LogP contribution in [0.4, 0.5) is 0 Å². The number of aromatic nitrogens is 1. The van der Waals surface area contributed by atoms with Crippen LogP contribution in [0.15, 0.2) is 47.6 Å². The van der Waals surface area contributed by atoms with Gasteiger partial charge in [0.15, 0.2) is 21.3 Å². The number of fused-ring (bicyclic) bond motifs is 1. The summed E-state index contributed by atoms with van der Waals surface area (Å²) in [6.07, 6.45) is 2.93. The number of nitrogens with one attached hydrogen (secondary N) is 2. The van der Waals surface area contributed by atoms with Gasteiger partial charge in [-0.1, -0.05) is 6.07 Å². The van der Waals surface area contributed by atoms with Gasteiger partial charge in [-0.05, 0) is 30.7 Å². The highest BCUT2D eigenvalue weighted by Gasteiger charge is 2.31. The summed E-state index contributed by atoms with van der Waals surface area (Å²) in [4.78, 5) is 27.6. The minimum absolute atomic E-state index is 0.0165. The quantitative estimate of drug-likeness (QED) is 0.658. The highest BCUT2D eigenvalue weighted by Crippen LogP contribution is 2.36. The standard InChI is InChI=1S/C19H21N3O6S/c1-2-21-18(23)19(24)22-12-17(13-4-3-7-20-11-13)29(25,26)14-5-6-15-16(10-14)28-9-8-27-15/h3-7,10-11,17H,2,8-9,12H2,1H3,(H,21,23)(H,22,24)/t17-/m0/s1. The van der Waals surface area contributed by atoms with Gasteiger partial charge >= 0.3 is 11.8 Å². The average Bonchev–Trinajstić information content (AvgIpc) is 2.74.